The van der Waals surface area contributed by atoms with Gasteiger partial charge in [0.15, 0.2) is 0 Å². The number of hydrogen-bond acceptors (Lipinski definition) is 3. The van der Waals surface area contributed by atoms with Crippen molar-refractivity contribution in [1.29, 1.82) is 0 Å². The highest BCUT2D eigenvalue weighted by Crippen LogP contribution is 2.30. The molecule has 1 fully saturated rings. The van der Waals surface area contributed by atoms with Crippen molar-refractivity contribution in [2.45, 2.75) is 32.6 Å². The molecule has 0 bridgehead atoms. The standard InChI is InChI=1S/C35H38N4O2/c1-26-12-14-30(15-13-26)37-35(41)38-31-16-17-33(32(25-31)34(40)36-21-18-27-8-4-2-5-9-27)39-22-19-29(20-23-39)24-28-10-6-3-7-11-28/h2-17,25,29H,18-24H2,1H3,(H,36,40)(H2,37,38,41). The van der Waals surface area contributed by atoms with Gasteiger partial charge in [0.2, 0.25) is 0 Å². The minimum absolute atomic E-state index is 0.134. The molecule has 0 aliphatic carbocycles. The highest BCUT2D eigenvalue weighted by atomic mass is 16.2. The number of piperidine rings is 1. The van der Waals surface area contributed by atoms with Crippen LogP contribution >= 0.6 is 0 Å². The lowest BCUT2D eigenvalue weighted by Crippen LogP contribution is -2.36. The molecule has 0 saturated carbocycles. The number of hydrogen-bond donors (Lipinski definition) is 3. The fraction of sp³-hybridized carbons (Fsp3) is 0.257. The Hall–Kier alpha value is -4.58. The van der Waals surface area contributed by atoms with E-state index in [2.05, 4.69) is 63.3 Å². The van der Waals surface area contributed by atoms with Gasteiger partial charge in [-0.25, -0.2) is 4.79 Å². The van der Waals surface area contributed by atoms with E-state index in [0.717, 1.165) is 50.0 Å². The third kappa shape index (κ3) is 7.98. The average Bonchev–Trinajstić information content (AvgIpc) is 3.00. The number of nitrogens with one attached hydrogen (secondary N) is 3. The summed E-state index contributed by atoms with van der Waals surface area (Å²) in [6.45, 7) is 4.32. The first-order chi connectivity index (χ1) is 20.0. The number of carbonyl (C=O) groups is 2. The maximum Gasteiger partial charge on any atom is 0.323 e. The summed E-state index contributed by atoms with van der Waals surface area (Å²) in [7, 11) is 0. The monoisotopic (exact) mass is 546 g/mol. The smallest absolute Gasteiger partial charge is 0.323 e. The van der Waals surface area contributed by atoms with Crippen LogP contribution in [0.1, 0.15) is 39.9 Å². The molecule has 3 amide bonds. The molecule has 3 N–H and O–H groups in total. The number of anilines is 3. The molecular formula is C35H38N4O2. The summed E-state index contributed by atoms with van der Waals surface area (Å²) in [5.74, 6) is 0.494. The Bertz CT molecular complexity index is 1430. The Morgan fingerprint density at radius 3 is 2.05 bits per heavy atom. The van der Waals surface area contributed by atoms with Crippen molar-refractivity contribution in [1.82, 2.24) is 5.32 Å². The fourth-order valence-corrected chi connectivity index (χ4v) is 5.39. The van der Waals surface area contributed by atoms with E-state index < -0.39 is 0 Å². The van der Waals surface area contributed by atoms with Crippen molar-refractivity contribution < 1.29 is 9.59 Å². The molecule has 6 heteroatoms. The van der Waals surface area contributed by atoms with Crippen molar-refractivity contribution in [3.8, 4) is 0 Å². The highest BCUT2D eigenvalue weighted by molar-refractivity contribution is 6.04. The second-order valence-corrected chi connectivity index (χ2v) is 10.8. The number of nitrogens with zero attached hydrogens (tertiary/aromatic N) is 1. The second-order valence-electron chi connectivity index (χ2n) is 10.8. The van der Waals surface area contributed by atoms with Crippen LogP contribution in [0.15, 0.2) is 103 Å². The molecule has 0 unspecified atom stereocenters. The van der Waals surface area contributed by atoms with Crippen LogP contribution in [0.5, 0.6) is 0 Å². The third-order valence-electron chi connectivity index (χ3n) is 7.67. The molecule has 1 saturated heterocycles. The van der Waals surface area contributed by atoms with Crippen molar-refractivity contribution in [3.05, 3.63) is 125 Å². The minimum atomic E-state index is -0.348. The Balaban J connectivity index is 1.27. The molecule has 210 valence electrons. The van der Waals surface area contributed by atoms with Crippen LogP contribution in [0, 0.1) is 12.8 Å². The summed E-state index contributed by atoms with van der Waals surface area (Å²) >= 11 is 0. The van der Waals surface area contributed by atoms with Crippen LogP contribution in [0.4, 0.5) is 21.9 Å². The molecule has 1 heterocycles. The topological polar surface area (TPSA) is 73.5 Å². The molecule has 6 nitrogen and oxygen atoms in total. The zero-order valence-electron chi connectivity index (χ0n) is 23.6. The van der Waals surface area contributed by atoms with Gasteiger partial charge in [0.05, 0.1) is 5.56 Å². The number of carbonyl (C=O) groups excluding carboxylic acids is 2. The van der Waals surface area contributed by atoms with Crippen LogP contribution in [0.3, 0.4) is 0 Å². The first-order valence-electron chi connectivity index (χ1n) is 14.4. The molecule has 0 atom stereocenters. The fourth-order valence-electron chi connectivity index (χ4n) is 5.39. The SMILES string of the molecule is Cc1ccc(NC(=O)Nc2ccc(N3CCC(Cc4ccccc4)CC3)c(C(=O)NCCc3ccccc3)c2)cc1. The largest absolute Gasteiger partial charge is 0.371 e. The molecule has 0 radical (unpaired) electrons. The lowest BCUT2D eigenvalue weighted by Gasteiger charge is -2.35. The predicted molar refractivity (Wildman–Crippen MR) is 168 cm³/mol. The quantitative estimate of drug-likeness (QED) is 0.210. The van der Waals surface area contributed by atoms with Crippen molar-refractivity contribution in [3.63, 3.8) is 0 Å². The Labute approximate surface area is 242 Å². The van der Waals surface area contributed by atoms with Crippen LogP contribution in [-0.2, 0) is 12.8 Å². The van der Waals surface area contributed by atoms with Crippen LogP contribution < -0.4 is 20.9 Å². The Morgan fingerprint density at radius 1 is 0.756 bits per heavy atom. The molecule has 4 aromatic rings. The van der Waals surface area contributed by atoms with Gasteiger partial charge in [-0.1, -0.05) is 78.4 Å². The molecular weight excluding hydrogens is 508 g/mol. The number of amides is 3. The van der Waals surface area contributed by atoms with Gasteiger partial charge >= 0.3 is 6.03 Å². The van der Waals surface area contributed by atoms with E-state index in [1.54, 1.807) is 6.07 Å². The number of aryl methyl sites for hydroxylation is 1. The van der Waals surface area contributed by atoms with Crippen LogP contribution in [0.2, 0.25) is 0 Å². The van der Waals surface area contributed by atoms with E-state index in [1.165, 1.54) is 11.1 Å². The summed E-state index contributed by atoms with van der Waals surface area (Å²) in [5.41, 5.74) is 6.45. The predicted octanol–water partition coefficient (Wildman–Crippen LogP) is 7.07. The summed E-state index contributed by atoms with van der Waals surface area (Å²) in [4.78, 5) is 28.5. The highest BCUT2D eigenvalue weighted by Gasteiger charge is 2.24. The molecule has 5 rings (SSSR count). The molecule has 41 heavy (non-hydrogen) atoms. The Morgan fingerprint density at radius 2 is 1.37 bits per heavy atom. The first-order valence-corrected chi connectivity index (χ1v) is 14.4. The lowest BCUT2D eigenvalue weighted by molar-refractivity contribution is 0.0954. The first kappa shape index (κ1) is 28.0. The lowest BCUT2D eigenvalue weighted by atomic mass is 9.89. The number of benzene rings is 4. The van der Waals surface area contributed by atoms with Gasteiger partial charge in [0.1, 0.15) is 0 Å². The molecule has 0 aromatic heterocycles. The summed E-state index contributed by atoms with van der Waals surface area (Å²) in [6.07, 6.45) is 3.98. The number of rotatable bonds is 9. The van der Waals surface area contributed by atoms with Gasteiger partial charge in [-0.05, 0) is 80.0 Å². The molecule has 1 aliphatic heterocycles. The summed E-state index contributed by atoms with van der Waals surface area (Å²) in [6, 6.07) is 33.7. The average molecular weight is 547 g/mol. The van der Waals surface area contributed by atoms with Gasteiger partial charge in [-0.3, -0.25) is 4.79 Å². The van der Waals surface area contributed by atoms with Crippen molar-refractivity contribution >= 4 is 29.0 Å². The normalized spacial score (nSPS) is 13.4. The van der Waals surface area contributed by atoms with Gasteiger partial charge in [0, 0.05) is 36.7 Å². The molecule has 4 aromatic carbocycles. The van der Waals surface area contributed by atoms with E-state index in [4.69, 9.17) is 0 Å². The van der Waals surface area contributed by atoms with E-state index >= 15 is 0 Å². The zero-order valence-corrected chi connectivity index (χ0v) is 23.6. The van der Waals surface area contributed by atoms with Gasteiger partial charge in [-0.2, -0.15) is 0 Å². The summed E-state index contributed by atoms with van der Waals surface area (Å²) in [5, 5.41) is 8.86. The van der Waals surface area contributed by atoms with Crippen LogP contribution in [-0.4, -0.2) is 31.6 Å². The maximum absolute atomic E-state index is 13.5. The van der Waals surface area contributed by atoms with Crippen LogP contribution in [0.25, 0.3) is 0 Å². The maximum atomic E-state index is 13.5. The third-order valence-corrected chi connectivity index (χ3v) is 7.67. The van der Waals surface area contributed by atoms with E-state index in [1.807, 2.05) is 61.5 Å². The molecule has 0 spiro atoms. The number of urea groups is 1. The van der Waals surface area contributed by atoms with E-state index in [9.17, 15) is 9.59 Å². The van der Waals surface area contributed by atoms with Gasteiger partial charge < -0.3 is 20.9 Å². The minimum Gasteiger partial charge on any atom is -0.371 e. The molecule has 1 aliphatic rings. The summed E-state index contributed by atoms with van der Waals surface area (Å²) < 4.78 is 0. The van der Waals surface area contributed by atoms with Gasteiger partial charge in [0.25, 0.3) is 5.91 Å². The zero-order chi connectivity index (χ0) is 28.4. The van der Waals surface area contributed by atoms with Crippen molar-refractivity contribution in [2.24, 2.45) is 5.92 Å². The second kappa shape index (κ2) is 13.7. The van der Waals surface area contributed by atoms with Gasteiger partial charge in [-0.15, -0.1) is 0 Å². The van der Waals surface area contributed by atoms with Crippen molar-refractivity contribution in [2.75, 3.05) is 35.2 Å². The van der Waals surface area contributed by atoms with E-state index in [-0.39, 0.29) is 11.9 Å². The Kier molecular flexibility index (Phi) is 9.32. The van der Waals surface area contributed by atoms with E-state index in [0.29, 0.717) is 29.4 Å².